The topological polar surface area (TPSA) is 47.5 Å². The Morgan fingerprint density at radius 1 is 1.32 bits per heavy atom. The number of alkyl halides is 1. The van der Waals surface area contributed by atoms with E-state index in [1.54, 1.807) is 0 Å². The second kappa shape index (κ2) is 8.31. The molecule has 0 spiro atoms. The predicted octanol–water partition coefficient (Wildman–Crippen LogP) is 2.67. The monoisotopic (exact) mass is 361 g/mol. The van der Waals surface area contributed by atoms with Crippen LogP contribution < -0.4 is 10.7 Å². The van der Waals surface area contributed by atoms with Crippen LogP contribution in [0, 0.1) is 0 Å². The van der Waals surface area contributed by atoms with Crippen LogP contribution in [0.5, 0.6) is 0 Å². The predicted molar refractivity (Wildman–Crippen MR) is 95.1 cm³/mol. The van der Waals surface area contributed by atoms with Gasteiger partial charge in [-0.25, -0.2) is 0 Å². The number of β-amino-alcohol motifs (C(OH)–C–C–N with tert-alkyl or cyclic N) is 1. The van der Waals surface area contributed by atoms with E-state index in [4.69, 9.17) is 35.4 Å². The number of unbranched alkanes of at least 4 members (excludes halogenated alkanes) is 1. The Morgan fingerprint density at radius 2 is 2.09 bits per heavy atom. The van der Waals surface area contributed by atoms with Crippen LogP contribution in [0.2, 0.25) is 5.02 Å². The Hall–Kier alpha value is -0.590. The molecule has 1 aliphatic heterocycles. The van der Waals surface area contributed by atoms with Gasteiger partial charge in [0.15, 0.2) is 5.11 Å². The maximum absolute atomic E-state index is 11.1. The molecule has 1 fully saturated rings. The Kier molecular flexibility index (Phi) is 6.71. The van der Waals surface area contributed by atoms with Gasteiger partial charge in [0, 0.05) is 23.9 Å². The molecule has 0 aromatic heterocycles. The van der Waals surface area contributed by atoms with Gasteiger partial charge in [0.2, 0.25) is 0 Å². The summed E-state index contributed by atoms with van der Waals surface area (Å²) >= 11 is 17.0. The minimum absolute atomic E-state index is 0.466. The van der Waals surface area contributed by atoms with Gasteiger partial charge in [-0.2, -0.15) is 5.01 Å². The number of hydrogen-bond acceptors (Lipinski definition) is 3. The number of nitrogens with one attached hydrogen (secondary N) is 2. The van der Waals surface area contributed by atoms with Gasteiger partial charge in [-0.1, -0.05) is 29.8 Å². The normalized spacial score (nSPS) is 17.9. The number of hydrogen-bond donors (Lipinski definition) is 3. The van der Waals surface area contributed by atoms with Crippen LogP contribution in [0.4, 0.5) is 0 Å². The second-order valence-electron chi connectivity index (χ2n) is 5.61. The van der Waals surface area contributed by atoms with E-state index in [0.29, 0.717) is 42.1 Å². The number of rotatable bonds is 8. The summed E-state index contributed by atoms with van der Waals surface area (Å²) in [7, 11) is 0. The molecule has 1 aromatic carbocycles. The molecular weight excluding hydrogens is 341 g/mol. The third kappa shape index (κ3) is 5.25. The summed E-state index contributed by atoms with van der Waals surface area (Å²) in [6, 6.07) is 7.63. The van der Waals surface area contributed by atoms with Crippen LogP contribution in [0.1, 0.15) is 24.8 Å². The molecule has 0 bridgehead atoms. The number of aliphatic hydroxyl groups is 1. The number of benzene rings is 1. The highest BCUT2D eigenvalue weighted by Crippen LogP contribution is 2.26. The summed E-state index contributed by atoms with van der Waals surface area (Å²) in [6.07, 6.45) is 2.92. The standard InChI is InChI=1S/C15H21Cl2N3OS/c16-8-4-3-7-15(21,10-20-11-18-14(22)19-20)9-12-5-1-2-6-13(12)17/h1-2,5-6,21H,3-4,7-11H2,(H2,18,19,22). The molecule has 7 heteroatoms. The lowest BCUT2D eigenvalue weighted by molar-refractivity contribution is -0.00887. The number of thiocarbonyl (C=S) groups is 1. The van der Waals surface area contributed by atoms with Gasteiger partial charge in [-0.3, -0.25) is 5.43 Å². The van der Waals surface area contributed by atoms with Crippen molar-refractivity contribution in [1.82, 2.24) is 15.8 Å². The molecule has 1 atom stereocenters. The van der Waals surface area contributed by atoms with Crippen molar-refractivity contribution < 1.29 is 5.11 Å². The van der Waals surface area contributed by atoms with Crippen LogP contribution in [0.3, 0.4) is 0 Å². The highest BCUT2D eigenvalue weighted by Gasteiger charge is 2.32. The Balaban J connectivity index is 2.06. The van der Waals surface area contributed by atoms with Crippen LogP contribution in [0.25, 0.3) is 0 Å². The molecule has 22 heavy (non-hydrogen) atoms. The van der Waals surface area contributed by atoms with Crippen LogP contribution in [0.15, 0.2) is 24.3 Å². The van der Waals surface area contributed by atoms with Crippen LogP contribution in [-0.2, 0) is 6.42 Å². The third-order valence-electron chi connectivity index (χ3n) is 3.68. The molecule has 122 valence electrons. The molecule has 0 radical (unpaired) electrons. The molecule has 1 unspecified atom stereocenters. The van der Waals surface area contributed by atoms with Crippen molar-refractivity contribution in [1.29, 1.82) is 0 Å². The van der Waals surface area contributed by atoms with Crippen molar-refractivity contribution in [3.63, 3.8) is 0 Å². The van der Waals surface area contributed by atoms with E-state index in [2.05, 4.69) is 10.7 Å². The zero-order valence-electron chi connectivity index (χ0n) is 12.3. The minimum Gasteiger partial charge on any atom is -0.388 e. The maximum Gasteiger partial charge on any atom is 0.182 e. The van der Waals surface area contributed by atoms with Gasteiger partial charge in [-0.05, 0) is 43.1 Å². The van der Waals surface area contributed by atoms with E-state index in [1.165, 1.54) is 0 Å². The first-order valence-electron chi connectivity index (χ1n) is 7.34. The van der Waals surface area contributed by atoms with E-state index in [0.717, 1.165) is 18.4 Å². The first-order valence-corrected chi connectivity index (χ1v) is 8.66. The zero-order valence-corrected chi connectivity index (χ0v) is 14.6. The molecule has 1 aromatic rings. The van der Waals surface area contributed by atoms with E-state index in [-0.39, 0.29) is 0 Å². The van der Waals surface area contributed by atoms with Gasteiger partial charge in [0.1, 0.15) is 0 Å². The maximum atomic E-state index is 11.1. The average molecular weight is 362 g/mol. The molecule has 2 rings (SSSR count). The van der Waals surface area contributed by atoms with Crippen molar-refractivity contribution >= 4 is 40.5 Å². The zero-order chi connectivity index (χ0) is 16.0. The minimum atomic E-state index is -0.883. The van der Waals surface area contributed by atoms with E-state index in [9.17, 15) is 5.11 Å². The Bertz CT molecular complexity index is 517. The summed E-state index contributed by atoms with van der Waals surface area (Å²) in [5.41, 5.74) is 3.10. The van der Waals surface area contributed by atoms with Gasteiger partial charge in [0.25, 0.3) is 0 Å². The molecule has 0 amide bonds. The van der Waals surface area contributed by atoms with Crippen molar-refractivity contribution in [3.05, 3.63) is 34.9 Å². The van der Waals surface area contributed by atoms with Crippen molar-refractivity contribution in [2.75, 3.05) is 19.1 Å². The Labute approximate surface area is 146 Å². The Morgan fingerprint density at radius 3 is 2.73 bits per heavy atom. The van der Waals surface area contributed by atoms with Crippen molar-refractivity contribution in [2.24, 2.45) is 0 Å². The lowest BCUT2D eigenvalue weighted by Gasteiger charge is -2.32. The molecule has 4 nitrogen and oxygen atoms in total. The third-order valence-corrected chi connectivity index (χ3v) is 4.55. The summed E-state index contributed by atoms with van der Waals surface area (Å²) in [6.45, 7) is 1.05. The average Bonchev–Trinajstić information content (AvgIpc) is 2.87. The van der Waals surface area contributed by atoms with Gasteiger partial charge in [-0.15, -0.1) is 11.6 Å². The molecular formula is C15H21Cl2N3OS. The van der Waals surface area contributed by atoms with E-state index in [1.807, 2.05) is 29.3 Å². The molecule has 0 aliphatic carbocycles. The summed E-state index contributed by atoms with van der Waals surface area (Å²) < 4.78 is 0. The first kappa shape index (κ1) is 17.8. The lowest BCUT2D eigenvalue weighted by Crippen LogP contribution is -2.48. The second-order valence-corrected chi connectivity index (χ2v) is 6.81. The van der Waals surface area contributed by atoms with Crippen LogP contribution >= 0.6 is 35.4 Å². The fourth-order valence-corrected chi connectivity index (χ4v) is 3.19. The smallest absolute Gasteiger partial charge is 0.182 e. The summed E-state index contributed by atoms with van der Waals surface area (Å²) in [5.74, 6) is 0.607. The van der Waals surface area contributed by atoms with Crippen molar-refractivity contribution in [3.8, 4) is 0 Å². The fraction of sp³-hybridized carbons (Fsp3) is 0.533. The molecule has 1 heterocycles. The quantitative estimate of drug-likeness (QED) is 0.377. The fourth-order valence-electron chi connectivity index (χ4n) is 2.61. The van der Waals surface area contributed by atoms with E-state index < -0.39 is 5.60 Å². The van der Waals surface area contributed by atoms with Gasteiger partial charge in [0.05, 0.1) is 12.3 Å². The molecule has 3 N–H and O–H groups in total. The van der Waals surface area contributed by atoms with Crippen LogP contribution in [-0.4, -0.2) is 39.9 Å². The summed E-state index contributed by atoms with van der Waals surface area (Å²) in [5, 5.41) is 17.3. The van der Waals surface area contributed by atoms with Gasteiger partial charge >= 0.3 is 0 Å². The highest BCUT2D eigenvalue weighted by molar-refractivity contribution is 7.80. The lowest BCUT2D eigenvalue weighted by atomic mass is 9.89. The molecule has 0 saturated carbocycles. The highest BCUT2D eigenvalue weighted by atomic mass is 35.5. The largest absolute Gasteiger partial charge is 0.388 e. The van der Waals surface area contributed by atoms with Crippen molar-refractivity contribution in [2.45, 2.75) is 31.3 Å². The number of nitrogens with zero attached hydrogens (tertiary/aromatic N) is 1. The van der Waals surface area contributed by atoms with Gasteiger partial charge < -0.3 is 10.4 Å². The van der Waals surface area contributed by atoms with E-state index >= 15 is 0 Å². The number of halogens is 2. The molecule has 1 aliphatic rings. The molecule has 1 saturated heterocycles. The number of hydrazine groups is 1. The SMILES string of the molecule is OC(CCCCCl)(Cc1ccccc1Cl)CN1CNC(=S)N1. The first-order chi connectivity index (χ1) is 10.5. The summed E-state index contributed by atoms with van der Waals surface area (Å²) in [4.78, 5) is 0.